The molecule has 8 nitrogen and oxygen atoms in total. The van der Waals surface area contributed by atoms with E-state index in [0.29, 0.717) is 29.2 Å². The number of nitrogens with zero attached hydrogens (tertiary/aromatic N) is 6. The molecule has 8 heteroatoms. The van der Waals surface area contributed by atoms with Crippen LogP contribution >= 0.6 is 0 Å². The number of rotatable bonds is 5. The maximum atomic E-state index is 11.2. The fourth-order valence-electron chi connectivity index (χ4n) is 1.27. The van der Waals surface area contributed by atoms with Crippen LogP contribution in [0.1, 0.15) is 13.8 Å². The summed E-state index contributed by atoms with van der Waals surface area (Å²) in [4.78, 5) is 13.6. The molecule has 1 aromatic rings. The maximum absolute atomic E-state index is 11.2. The first-order chi connectivity index (χ1) is 7.99. The number of anilines is 3. The Morgan fingerprint density at radius 2 is 1.18 bits per heavy atom. The summed E-state index contributed by atoms with van der Waals surface area (Å²) in [6.07, 6.45) is 0. The minimum Gasteiger partial charge on any atom is -0.756 e. The van der Waals surface area contributed by atoms with Crippen molar-refractivity contribution in [1.29, 1.82) is 0 Å². The molecule has 0 saturated carbocycles. The molecule has 0 aromatic carbocycles. The molecular formula is C9H16N6O2-2. The van der Waals surface area contributed by atoms with Crippen LogP contribution in [0.4, 0.5) is 17.8 Å². The Balaban J connectivity index is 3.20. The average molecular weight is 240 g/mol. The van der Waals surface area contributed by atoms with E-state index in [9.17, 15) is 10.4 Å². The highest BCUT2D eigenvalue weighted by Crippen LogP contribution is 2.16. The van der Waals surface area contributed by atoms with Crippen LogP contribution in [0.2, 0.25) is 0 Å². The van der Waals surface area contributed by atoms with E-state index in [1.165, 1.54) is 14.1 Å². The minimum absolute atomic E-state index is 0.0698. The van der Waals surface area contributed by atoms with Gasteiger partial charge in [0.2, 0.25) is 17.8 Å². The largest absolute Gasteiger partial charge is 0.756 e. The van der Waals surface area contributed by atoms with Crippen molar-refractivity contribution in [1.82, 2.24) is 15.0 Å². The Kier molecular flexibility index (Phi) is 4.41. The summed E-state index contributed by atoms with van der Waals surface area (Å²) < 4.78 is 0. The van der Waals surface area contributed by atoms with Crippen LogP contribution in [-0.2, 0) is 0 Å². The van der Waals surface area contributed by atoms with Crippen LogP contribution in [0.25, 0.3) is 0 Å². The van der Waals surface area contributed by atoms with Crippen LogP contribution in [0.15, 0.2) is 0 Å². The van der Waals surface area contributed by atoms with E-state index in [1.807, 2.05) is 18.7 Å². The first-order valence-corrected chi connectivity index (χ1v) is 5.32. The van der Waals surface area contributed by atoms with Crippen LogP contribution in [0.3, 0.4) is 0 Å². The molecule has 0 aliphatic carbocycles. The van der Waals surface area contributed by atoms with Crippen LogP contribution in [0.5, 0.6) is 0 Å². The van der Waals surface area contributed by atoms with Gasteiger partial charge in [-0.25, -0.2) is 0 Å². The molecule has 0 fully saturated rings. The van der Waals surface area contributed by atoms with Crippen molar-refractivity contribution in [2.24, 2.45) is 0 Å². The molecular weight excluding hydrogens is 224 g/mol. The lowest BCUT2D eigenvalue weighted by Crippen LogP contribution is -2.27. The van der Waals surface area contributed by atoms with E-state index in [1.54, 1.807) is 0 Å². The Morgan fingerprint density at radius 3 is 1.47 bits per heavy atom. The van der Waals surface area contributed by atoms with Crippen LogP contribution < -0.4 is 15.0 Å². The van der Waals surface area contributed by atoms with E-state index in [-0.39, 0.29) is 11.9 Å². The van der Waals surface area contributed by atoms with Crippen molar-refractivity contribution in [2.75, 3.05) is 42.2 Å². The monoisotopic (exact) mass is 240 g/mol. The third-order valence-electron chi connectivity index (χ3n) is 2.21. The standard InChI is InChI=1S/C9H16N6O2/c1-5-15(6-2)9-11-7(13(3)16)10-8(12-9)14(4)17/h5-6H2,1-4H3/q-2. The van der Waals surface area contributed by atoms with Gasteiger partial charge in [-0.2, -0.15) is 15.0 Å². The molecule has 0 amide bonds. The van der Waals surface area contributed by atoms with Gasteiger partial charge in [0, 0.05) is 13.1 Å². The van der Waals surface area contributed by atoms with Crippen molar-refractivity contribution in [3.63, 3.8) is 0 Å². The SMILES string of the molecule is CCN(CC)c1nc(N(C)[O-])nc(N(C)[O-])n1. The van der Waals surface area contributed by atoms with Gasteiger partial charge in [-0.15, -0.1) is 0 Å². The first kappa shape index (κ1) is 13.4. The summed E-state index contributed by atoms with van der Waals surface area (Å²) in [6, 6.07) is 0. The van der Waals surface area contributed by atoms with Crippen LogP contribution in [0, 0.1) is 10.4 Å². The molecule has 0 aliphatic rings. The Morgan fingerprint density at radius 1 is 0.824 bits per heavy atom. The number of hydrogen-bond acceptors (Lipinski definition) is 8. The molecule has 1 aromatic heterocycles. The van der Waals surface area contributed by atoms with Crippen molar-refractivity contribution in [2.45, 2.75) is 13.8 Å². The van der Waals surface area contributed by atoms with E-state index in [2.05, 4.69) is 15.0 Å². The number of hydroxylamine groups is 2. The first-order valence-electron chi connectivity index (χ1n) is 5.32. The van der Waals surface area contributed by atoms with E-state index in [4.69, 9.17) is 0 Å². The summed E-state index contributed by atoms with van der Waals surface area (Å²) in [5.41, 5.74) is 0. The van der Waals surface area contributed by atoms with Crippen LogP contribution in [-0.4, -0.2) is 42.1 Å². The molecule has 0 radical (unpaired) electrons. The highest BCUT2D eigenvalue weighted by atomic mass is 16.5. The number of hydrogen-bond donors (Lipinski definition) is 0. The van der Waals surface area contributed by atoms with Gasteiger partial charge < -0.3 is 25.4 Å². The van der Waals surface area contributed by atoms with E-state index < -0.39 is 0 Å². The summed E-state index contributed by atoms with van der Waals surface area (Å²) >= 11 is 0. The molecule has 0 atom stereocenters. The molecule has 0 N–H and O–H groups in total. The molecule has 0 saturated heterocycles. The molecule has 1 rings (SSSR count). The van der Waals surface area contributed by atoms with Gasteiger partial charge in [-0.3, -0.25) is 0 Å². The summed E-state index contributed by atoms with van der Waals surface area (Å²) in [5.74, 6) is 0.194. The van der Waals surface area contributed by atoms with Crippen molar-refractivity contribution in [3.8, 4) is 0 Å². The lowest BCUT2D eigenvalue weighted by atomic mass is 10.5. The summed E-state index contributed by atoms with van der Waals surface area (Å²) in [6.45, 7) is 5.25. The van der Waals surface area contributed by atoms with Gasteiger partial charge in [-0.05, 0) is 27.9 Å². The van der Waals surface area contributed by atoms with Crippen molar-refractivity contribution < 1.29 is 0 Å². The highest BCUT2D eigenvalue weighted by molar-refractivity contribution is 5.46. The predicted molar refractivity (Wildman–Crippen MR) is 66.9 cm³/mol. The maximum Gasteiger partial charge on any atom is 0.231 e. The average Bonchev–Trinajstić information content (AvgIpc) is 2.30. The Labute approximate surface area is 100 Å². The zero-order valence-electron chi connectivity index (χ0n) is 10.4. The molecule has 17 heavy (non-hydrogen) atoms. The second-order valence-corrected chi connectivity index (χ2v) is 3.40. The highest BCUT2D eigenvalue weighted by Gasteiger charge is 2.10. The third kappa shape index (κ3) is 3.14. The molecule has 0 aliphatic heterocycles. The van der Waals surface area contributed by atoms with Gasteiger partial charge in [0.25, 0.3) is 0 Å². The predicted octanol–water partition coefficient (Wildman–Crippen LogP) is 0.586. The minimum atomic E-state index is -0.0698. The summed E-state index contributed by atoms with van der Waals surface area (Å²) in [5, 5.41) is 23.4. The lowest BCUT2D eigenvalue weighted by molar-refractivity contribution is 0.804. The number of aromatic nitrogens is 3. The van der Waals surface area contributed by atoms with Gasteiger partial charge in [0.05, 0.1) is 0 Å². The molecule has 0 spiro atoms. The molecule has 1 heterocycles. The second-order valence-electron chi connectivity index (χ2n) is 3.40. The van der Waals surface area contributed by atoms with Crippen molar-refractivity contribution in [3.05, 3.63) is 10.4 Å². The van der Waals surface area contributed by atoms with Gasteiger partial charge in [-0.1, -0.05) is 0 Å². The fourth-order valence-corrected chi connectivity index (χ4v) is 1.27. The van der Waals surface area contributed by atoms with E-state index >= 15 is 0 Å². The Bertz CT molecular complexity index is 340. The van der Waals surface area contributed by atoms with Gasteiger partial charge in [0.1, 0.15) is 0 Å². The normalized spacial score (nSPS) is 10.2. The second kappa shape index (κ2) is 5.60. The molecule has 0 unspecified atom stereocenters. The molecule has 96 valence electrons. The zero-order valence-corrected chi connectivity index (χ0v) is 10.4. The topological polar surface area (TPSA) is 94.5 Å². The fraction of sp³-hybridized carbons (Fsp3) is 0.667. The van der Waals surface area contributed by atoms with Gasteiger partial charge >= 0.3 is 0 Å². The van der Waals surface area contributed by atoms with Gasteiger partial charge in [0.15, 0.2) is 0 Å². The Hall–Kier alpha value is -1.67. The summed E-state index contributed by atoms with van der Waals surface area (Å²) in [7, 11) is 2.55. The quantitative estimate of drug-likeness (QED) is 0.690. The third-order valence-corrected chi connectivity index (χ3v) is 2.21. The lowest BCUT2D eigenvalue weighted by Gasteiger charge is -2.29. The molecule has 0 bridgehead atoms. The van der Waals surface area contributed by atoms with E-state index in [0.717, 1.165) is 0 Å². The zero-order chi connectivity index (χ0) is 13.0. The smallest absolute Gasteiger partial charge is 0.231 e. The van der Waals surface area contributed by atoms with Crippen molar-refractivity contribution >= 4 is 17.8 Å².